The first-order chi connectivity index (χ1) is 7.59. The molecule has 5 heteroatoms. The molecule has 1 heterocycles. The summed E-state index contributed by atoms with van der Waals surface area (Å²) in [7, 11) is -0.993. The monoisotopic (exact) mass is 247 g/mol. The van der Waals surface area contributed by atoms with E-state index in [0.29, 0.717) is 5.75 Å². The van der Waals surface area contributed by atoms with Gasteiger partial charge in [-0.2, -0.15) is 0 Å². The van der Waals surface area contributed by atoms with Gasteiger partial charge in [-0.3, -0.25) is 9.00 Å². The maximum absolute atomic E-state index is 11.7. The Kier molecular flexibility index (Phi) is 5.98. The molecule has 0 saturated carbocycles. The van der Waals surface area contributed by atoms with Gasteiger partial charge in [-0.05, 0) is 38.9 Å². The van der Waals surface area contributed by atoms with Crippen molar-refractivity contribution < 1.29 is 14.1 Å². The number of hydrogen-bond donors (Lipinski definition) is 1. The lowest BCUT2D eigenvalue weighted by molar-refractivity contribution is -0.136. The topological polar surface area (TPSA) is 57.6 Å². The van der Waals surface area contributed by atoms with Gasteiger partial charge in [-0.25, -0.2) is 0 Å². The normalized spacial score (nSPS) is 20.8. The third-order valence-corrected chi connectivity index (χ3v) is 4.68. The Morgan fingerprint density at radius 2 is 2.06 bits per heavy atom. The summed E-state index contributed by atoms with van der Waals surface area (Å²) in [5.41, 5.74) is 0. The number of carboxylic acids is 1. The van der Waals surface area contributed by atoms with Crippen LogP contribution in [-0.4, -0.2) is 50.8 Å². The van der Waals surface area contributed by atoms with E-state index in [-0.39, 0.29) is 11.7 Å². The van der Waals surface area contributed by atoms with Gasteiger partial charge in [0.1, 0.15) is 0 Å². The van der Waals surface area contributed by atoms with Crippen LogP contribution in [0.1, 0.15) is 32.6 Å². The fourth-order valence-electron chi connectivity index (χ4n) is 1.98. The molecule has 2 unspecified atom stereocenters. The van der Waals surface area contributed by atoms with Gasteiger partial charge in [0.2, 0.25) is 0 Å². The van der Waals surface area contributed by atoms with Gasteiger partial charge >= 0.3 is 5.97 Å². The lowest BCUT2D eigenvalue weighted by atomic mass is 10.3. The lowest BCUT2D eigenvalue weighted by Gasteiger charge is -2.14. The Morgan fingerprint density at radius 3 is 2.62 bits per heavy atom. The fourth-order valence-corrected chi connectivity index (χ4v) is 3.12. The van der Waals surface area contributed by atoms with E-state index in [4.69, 9.17) is 5.11 Å². The Morgan fingerprint density at radius 1 is 1.44 bits per heavy atom. The average Bonchev–Trinajstić information content (AvgIpc) is 2.69. The highest BCUT2D eigenvalue weighted by molar-refractivity contribution is 7.85. The van der Waals surface area contributed by atoms with Crippen LogP contribution in [0.15, 0.2) is 0 Å². The summed E-state index contributed by atoms with van der Waals surface area (Å²) in [6, 6.07) is 0. The van der Waals surface area contributed by atoms with Gasteiger partial charge in [0.25, 0.3) is 0 Å². The molecule has 1 aliphatic heterocycles. The zero-order chi connectivity index (χ0) is 12.0. The zero-order valence-corrected chi connectivity index (χ0v) is 10.7. The minimum absolute atomic E-state index is 0.0102. The van der Waals surface area contributed by atoms with Crippen molar-refractivity contribution in [2.45, 2.75) is 37.9 Å². The molecule has 0 radical (unpaired) electrons. The highest BCUT2D eigenvalue weighted by atomic mass is 32.2. The van der Waals surface area contributed by atoms with Crippen molar-refractivity contribution in [3.63, 3.8) is 0 Å². The largest absolute Gasteiger partial charge is 0.481 e. The number of nitrogens with zero attached hydrogens (tertiary/aromatic N) is 1. The Hall–Kier alpha value is -0.420. The summed E-state index contributed by atoms with van der Waals surface area (Å²) in [5.74, 6) is -0.231. The van der Waals surface area contributed by atoms with Crippen molar-refractivity contribution in [2.24, 2.45) is 0 Å². The molecule has 2 atom stereocenters. The van der Waals surface area contributed by atoms with Crippen molar-refractivity contribution in [1.29, 1.82) is 0 Å². The molecule has 0 aromatic carbocycles. The number of likely N-dealkylation sites (tertiary alicyclic amines) is 1. The van der Waals surface area contributed by atoms with E-state index in [0.717, 1.165) is 26.1 Å². The van der Waals surface area contributed by atoms with Crippen LogP contribution in [0.4, 0.5) is 0 Å². The van der Waals surface area contributed by atoms with Crippen LogP contribution in [-0.2, 0) is 15.6 Å². The zero-order valence-electron chi connectivity index (χ0n) is 9.85. The molecule has 0 aromatic heterocycles. The van der Waals surface area contributed by atoms with Gasteiger partial charge in [-0.1, -0.05) is 6.92 Å². The highest BCUT2D eigenvalue weighted by Gasteiger charge is 2.16. The molecule has 0 aliphatic carbocycles. The second kappa shape index (κ2) is 7.01. The first kappa shape index (κ1) is 13.6. The molecule has 1 aliphatic rings. The Bertz CT molecular complexity index is 252. The molecular weight excluding hydrogens is 226 g/mol. The summed E-state index contributed by atoms with van der Waals surface area (Å²) >= 11 is 0. The maximum atomic E-state index is 11.7. The molecular formula is C11H21NO3S. The minimum Gasteiger partial charge on any atom is -0.481 e. The molecule has 1 rings (SSSR count). The smallest absolute Gasteiger partial charge is 0.304 e. The molecule has 0 bridgehead atoms. The van der Waals surface area contributed by atoms with Crippen molar-refractivity contribution in [3.8, 4) is 0 Å². The van der Waals surface area contributed by atoms with Crippen LogP contribution in [0.3, 0.4) is 0 Å². The van der Waals surface area contributed by atoms with Crippen molar-refractivity contribution >= 4 is 16.8 Å². The number of aliphatic carboxylic acids is 1. The van der Waals surface area contributed by atoms with Gasteiger partial charge in [0, 0.05) is 21.8 Å². The maximum Gasteiger partial charge on any atom is 0.304 e. The van der Waals surface area contributed by atoms with Crippen LogP contribution in [0, 0.1) is 0 Å². The number of carbonyl (C=O) groups is 1. The number of carboxylic acid groups (broad SMARTS) is 1. The SMILES string of the molecule is CC(CC(=O)O)S(=O)CCCN1CCCC1. The van der Waals surface area contributed by atoms with E-state index in [9.17, 15) is 9.00 Å². The van der Waals surface area contributed by atoms with Crippen LogP contribution >= 0.6 is 0 Å². The third kappa shape index (κ3) is 5.07. The molecule has 0 spiro atoms. The second-order valence-corrected chi connectivity index (χ2v) is 6.37. The predicted molar refractivity (Wildman–Crippen MR) is 65.0 cm³/mol. The quantitative estimate of drug-likeness (QED) is 0.731. The third-order valence-electron chi connectivity index (χ3n) is 2.93. The van der Waals surface area contributed by atoms with Gasteiger partial charge < -0.3 is 10.0 Å². The van der Waals surface area contributed by atoms with Crippen LogP contribution < -0.4 is 0 Å². The van der Waals surface area contributed by atoms with E-state index >= 15 is 0 Å². The number of hydrogen-bond acceptors (Lipinski definition) is 3. The van der Waals surface area contributed by atoms with Crippen LogP contribution in [0.25, 0.3) is 0 Å². The van der Waals surface area contributed by atoms with Crippen molar-refractivity contribution in [2.75, 3.05) is 25.4 Å². The van der Waals surface area contributed by atoms with E-state index in [1.54, 1.807) is 6.92 Å². The molecule has 4 nitrogen and oxygen atoms in total. The first-order valence-corrected chi connectivity index (χ1v) is 7.29. The molecule has 94 valence electrons. The van der Waals surface area contributed by atoms with Crippen molar-refractivity contribution in [1.82, 2.24) is 4.90 Å². The second-order valence-electron chi connectivity index (χ2n) is 4.40. The average molecular weight is 247 g/mol. The summed E-state index contributed by atoms with van der Waals surface area (Å²) in [6.45, 7) is 5.08. The molecule has 16 heavy (non-hydrogen) atoms. The van der Waals surface area contributed by atoms with Crippen LogP contribution in [0.5, 0.6) is 0 Å². The summed E-state index contributed by atoms with van der Waals surface area (Å²) in [6.07, 6.45) is 3.48. The minimum atomic E-state index is -0.993. The van der Waals surface area contributed by atoms with Gasteiger partial charge in [-0.15, -0.1) is 0 Å². The van der Waals surface area contributed by atoms with Crippen molar-refractivity contribution in [3.05, 3.63) is 0 Å². The Balaban J connectivity index is 2.11. The molecule has 1 saturated heterocycles. The first-order valence-electron chi connectivity index (χ1n) is 5.91. The summed E-state index contributed by atoms with van der Waals surface area (Å²) in [4.78, 5) is 12.8. The van der Waals surface area contributed by atoms with E-state index in [2.05, 4.69) is 4.90 Å². The molecule has 0 amide bonds. The molecule has 0 aromatic rings. The fraction of sp³-hybridized carbons (Fsp3) is 0.909. The molecule has 1 N–H and O–H groups in total. The molecule has 1 fully saturated rings. The highest BCUT2D eigenvalue weighted by Crippen LogP contribution is 2.09. The van der Waals surface area contributed by atoms with E-state index in [1.807, 2.05) is 0 Å². The van der Waals surface area contributed by atoms with E-state index in [1.165, 1.54) is 12.8 Å². The predicted octanol–water partition coefficient (Wildman–Crippen LogP) is 1.08. The van der Waals surface area contributed by atoms with Gasteiger partial charge in [0.15, 0.2) is 0 Å². The lowest BCUT2D eigenvalue weighted by Crippen LogP contribution is -2.24. The van der Waals surface area contributed by atoms with Crippen LogP contribution in [0.2, 0.25) is 0 Å². The number of rotatable bonds is 7. The van der Waals surface area contributed by atoms with Gasteiger partial charge in [0.05, 0.1) is 6.42 Å². The summed E-state index contributed by atoms with van der Waals surface area (Å²) < 4.78 is 11.7. The summed E-state index contributed by atoms with van der Waals surface area (Å²) in [5, 5.41) is 8.36. The standard InChI is InChI=1S/C11H21NO3S/c1-10(9-11(13)14)16(15)8-4-7-12-5-2-3-6-12/h10H,2-9H2,1H3,(H,13,14). The Labute approximate surface area is 99.5 Å². The van der Waals surface area contributed by atoms with E-state index < -0.39 is 16.8 Å².